The van der Waals surface area contributed by atoms with E-state index in [1.54, 1.807) is 25.1 Å². The highest BCUT2D eigenvalue weighted by atomic mass is 16.3. The summed E-state index contributed by atoms with van der Waals surface area (Å²) in [5.74, 6) is 0. The third-order valence-corrected chi connectivity index (χ3v) is 6.50. The number of benzene rings is 4. The first-order chi connectivity index (χ1) is 22.2. The van der Waals surface area contributed by atoms with Gasteiger partial charge in [0.1, 0.15) is 11.2 Å². The lowest BCUT2D eigenvalue weighted by atomic mass is 9.88. The molecule has 176 valence electrons. The van der Waals surface area contributed by atoms with Crippen molar-refractivity contribution in [2.75, 3.05) is 0 Å². The molecular formula is C34H29NO. The SMILES string of the molecule is [2H]C([2H])([2H])c1cnc(-c2cccc3c2oc2ccccc23)cc1-c1cc(C([2H])([2H])[2H])c(-c2ccc(C)cc2C([2H])([2H])[2H])cc1C([2H])([2H])[2H]. The average Bonchev–Trinajstić information content (AvgIpc) is 3.37. The largest absolute Gasteiger partial charge is 0.455 e. The number of rotatable bonds is 3. The molecule has 0 amide bonds. The van der Waals surface area contributed by atoms with Crippen LogP contribution in [0.2, 0.25) is 0 Å². The van der Waals surface area contributed by atoms with E-state index in [-0.39, 0.29) is 50.2 Å². The van der Waals surface area contributed by atoms with Gasteiger partial charge in [0, 0.05) is 39.0 Å². The molecule has 2 nitrogen and oxygen atoms in total. The molecule has 4 aromatic carbocycles. The maximum atomic E-state index is 8.48. The Morgan fingerprint density at radius 1 is 0.611 bits per heavy atom. The van der Waals surface area contributed by atoms with Crippen molar-refractivity contribution < 1.29 is 20.9 Å². The van der Waals surface area contributed by atoms with Crippen LogP contribution in [0.4, 0.5) is 0 Å². The normalized spacial score (nSPS) is 17.8. The van der Waals surface area contributed by atoms with Crippen molar-refractivity contribution in [1.29, 1.82) is 0 Å². The van der Waals surface area contributed by atoms with Gasteiger partial charge in [-0.15, -0.1) is 0 Å². The number of pyridine rings is 1. The van der Waals surface area contributed by atoms with Crippen molar-refractivity contribution in [1.82, 2.24) is 4.98 Å². The smallest absolute Gasteiger partial charge is 0.144 e. The predicted molar refractivity (Wildman–Crippen MR) is 152 cm³/mol. The number of hydrogen-bond donors (Lipinski definition) is 0. The van der Waals surface area contributed by atoms with Gasteiger partial charge in [-0.3, -0.25) is 4.98 Å². The van der Waals surface area contributed by atoms with Crippen LogP contribution in [0.15, 0.2) is 89.5 Å². The molecule has 0 unspecified atom stereocenters. The molecule has 0 N–H and O–H groups in total. The van der Waals surface area contributed by atoms with E-state index in [1.165, 1.54) is 18.2 Å². The summed E-state index contributed by atoms with van der Waals surface area (Å²) in [6.45, 7) is -9.41. The second kappa shape index (κ2) is 8.49. The minimum Gasteiger partial charge on any atom is -0.455 e. The quantitative estimate of drug-likeness (QED) is 0.252. The molecule has 6 rings (SSSR count). The second-order valence-electron chi connectivity index (χ2n) is 8.89. The van der Waals surface area contributed by atoms with Gasteiger partial charge in [-0.25, -0.2) is 0 Å². The van der Waals surface area contributed by atoms with Gasteiger partial charge in [0.15, 0.2) is 0 Å². The molecule has 0 saturated heterocycles. The number of hydrogen-bond acceptors (Lipinski definition) is 2. The number of nitrogens with zero attached hydrogens (tertiary/aromatic N) is 1. The zero-order valence-electron chi connectivity index (χ0n) is 31.4. The molecule has 0 spiro atoms. The zero-order chi connectivity index (χ0) is 35.0. The third kappa shape index (κ3) is 3.61. The van der Waals surface area contributed by atoms with Crippen LogP contribution in [-0.2, 0) is 0 Å². The summed E-state index contributed by atoms with van der Waals surface area (Å²) in [4.78, 5) is 4.46. The molecule has 2 heterocycles. The number of aryl methyl sites for hydroxylation is 5. The van der Waals surface area contributed by atoms with Crippen LogP contribution in [0.1, 0.15) is 44.3 Å². The van der Waals surface area contributed by atoms with E-state index < -0.39 is 27.4 Å². The van der Waals surface area contributed by atoms with E-state index >= 15 is 0 Å². The van der Waals surface area contributed by atoms with Gasteiger partial charge in [-0.1, -0.05) is 66.2 Å². The van der Waals surface area contributed by atoms with E-state index in [0.29, 0.717) is 22.3 Å². The highest BCUT2D eigenvalue weighted by molar-refractivity contribution is 6.09. The molecule has 0 radical (unpaired) electrons. The first-order valence-corrected chi connectivity index (χ1v) is 11.5. The highest BCUT2D eigenvalue weighted by Gasteiger charge is 2.16. The van der Waals surface area contributed by atoms with Crippen LogP contribution in [-0.4, -0.2) is 4.98 Å². The lowest BCUT2D eigenvalue weighted by Crippen LogP contribution is -1.95. The molecule has 0 aliphatic heterocycles. The Morgan fingerprint density at radius 3 is 2.11 bits per heavy atom. The van der Waals surface area contributed by atoms with Gasteiger partial charge in [0.2, 0.25) is 0 Å². The van der Waals surface area contributed by atoms with Crippen LogP contribution in [0, 0.1) is 34.3 Å². The molecule has 0 aliphatic carbocycles. The van der Waals surface area contributed by atoms with Crippen LogP contribution in [0.25, 0.3) is 55.4 Å². The fourth-order valence-electron chi connectivity index (χ4n) is 4.71. The summed E-state index contributed by atoms with van der Waals surface area (Å²) < 4.78 is 106. The summed E-state index contributed by atoms with van der Waals surface area (Å²) in [7, 11) is 0. The Balaban J connectivity index is 1.70. The standard InChI is InChI=1S/C34H29NO/c1-20-13-14-25(21(2)15-20)29-16-23(4)30(17-22(29)3)31-18-32(35-19-24(31)5)28-11-8-10-27-26-9-6-7-12-33(26)36-34(27)28/h6-19H,1-5H3/i2D3,3D3,4D3,5D3. The molecule has 0 atom stereocenters. The monoisotopic (exact) mass is 479 g/mol. The number of fused-ring (bicyclic) bond motifs is 3. The van der Waals surface area contributed by atoms with Gasteiger partial charge in [-0.05, 0) is 97.0 Å². The molecule has 0 bridgehead atoms. The molecule has 36 heavy (non-hydrogen) atoms. The summed E-state index contributed by atoms with van der Waals surface area (Å²) in [5.41, 5.74) is 1.24. The average molecular weight is 480 g/mol. The lowest BCUT2D eigenvalue weighted by molar-refractivity contribution is 0.670. The molecule has 2 aromatic heterocycles. The predicted octanol–water partition coefficient (Wildman–Crippen LogP) is 9.52. The summed E-state index contributed by atoms with van der Waals surface area (Å²) in [6, 6.07) is 21.2. The molecule has 6 aromatic rings. The van der Waals surface area contributed by atoms with E-state index in [1.807, 2.05) is 30.3 Å². The van der Waals surface area contributed by atoms with Gasteiger partial charge in [-0.2, -0.15) is 0 Å². The van der Waals surface area contributed by atoms with Crippen molar-refractivity contribution in [3.63, 3.8) is 0 Å². The van der Waals surface area contributed by atoms with Crippen molar-refractivity contribution in [3.8, 4) is 33.5 Å². The first kappa shape index (κ1) is 12.7. The molecular weight excluding hydrogens is 438 g/mol. The number of aromatic nitrogens is 1. The van der Waals surface area contributed by atoms with Gasteiger partial charge < -0.3 is 4.42 Å². The van der Waals surface area contributed by atoms with Crippen molar-refractivity contribution >= 4 is 21.9 Å². The maximum Gasteiger partial charge on any atom is 0.144 e. The molecule has 0 aliphatic rings. The van der Waals surface area contributed by atoms with Crippen molar-refractivity contribution in [2.24, 2.45) is 0 Å². The van der Waals surface area contributed by atoms with Crippen LogP contribution in [0.5, 0.6) is 0 Å². The third-order valence-electron chi connectivity index (χ3n) is 6.50. The Hall–Kier alpha value is -4.17. The fourth-order valence-corrected chi connectivity index (χ4v) is 4.71. The minimum absolute atomic E-state index is 0.0451. The molecule has 2 heteroatoms. The Kier molecular flexibility index (Phi) is 2.99. The van der Waals surface area contributed by atoms with E-state index in [0.717, 1.165) is 29.1 Å². The Labute approximate surface area is 229 Å². The van der Waals surface area contributed by atoms with E-state index in [2.05, 4.69) is 4.98 Å². The minimum atomic E-state index is -2.86. The zero-order valence-corrected chi connectivity index (χ0v) is 19.4. The lowest BCUT2D eigenvalue weighted by Gasteiger charge is -2.17. The van der Waals surface area contributed by atoms with Crippen molar-refractivity contribution in [2.45, 2.75) is 34.3 Å². The Bertz CT molecular complexity index is 2200. The van der Waals surface area contributed by atoms with Crippen molar-refractivity contribution in [3.05, 3.63) is 113 Å². The van der Waals surface area contributed by atoms with Crippen LogP contribution in [0.3, 0.4) is 0 Å². The van der Waals surface area contributed by atoms with Gasteiger partial charge >= 0.3 is 0 Å². The summed E-state index contributed by atoms with van der Waals surface area (Å²) in [6.07, 6.45) is 1.15. The van der Waals surface area contributed by atoms with Crippen LogP contribution < -0.4 is 0 Å². The highest BCUT2D eigenvalue weighted by Crippen LogP contribution is 2.38. The topological polar surface area (TPSA) is 26.0 Å². The van der Waals surface area contributed by atoms with Gasteiger partial charge in [0.25, 0.3) is 0 Å². The summed E-state index contributed by atoms with van der Waals surface area (Å²) in [5, 5.41) is 1.66. The number of para-hydroxylation sites is 2. The van der Waals surface area contributed by atoms with Crippen LogP contribution >= 0.6 is 0 Å². The second-order valence-corrected chi connectivity index (χ2v) is 8.89. The maximum absolute atomic E-state index is 8.48. The van der Waals surface area contributed by atoms with Gasteiger partial charge in [0.05, 0.1) is 5.69 Å². The Morgan fingerprint density at radius 2 is 1.31 bits per heavy atom. The van der Waals surface area contributed by atoms with E-state index in [4.69, 9.17) is 20.9 Å². The molecule has 0 saturated carbocycles. The number of furan rings is 1. The molecule has 0 fully saturated rings. The summed E-state index contributed by atoms with van der Waals surface area (Å²) >= 11 is 0. The fraction of sp³-hybridized carbons (Fsp3) is 0.147. The first-order valence-electron chi connectivity index (χ1n) is 17.5. The van der Waals surface area contributed by atoms with E-state index in [9.17, 15) is 0 Å².